The molecule has 2 aromatic carbocycles. The SMILES string of the molecule is Cc1ccc(-c2ccc(N)cc2Cl)c(F)c1F. The van der Waals surface area contributed by atoms with Crippen LogP contribution in [0.2, 0.25) is 5.02 Å². The predicted octanol–water partition coefficient (Wildman–Crippen LogP) is 4.18. The molecule has 0 heterocycles. The van der Waals surface area contributed by atoms with Crippen LogP contribution in [0.3, 0.4) is 0 Å². The van der Waals surface area contributed by atoms with Crippen molar-refractivity contribution in [3.05, 3.63) is 52.6 Å². The molecule has 0 aliphatic rings. The molecule has 0 fully saturated rings. The molecule has 4 heteroatoms. The molecule has 0 radical (unpaired) electrons. The smallest absolute Gasteiger partial charge is 0.166 e. The highest BCUT2D eigenvalue weighted by atomic mass is 35.5. The van der Waals surface area contributed by atoms with Gasteiger partial charge in [-0.2, -0.15) is 0 Å². The van der Waals surface area contributed by atoms with Crippen molar-refractivity contribution >= 4 is 17.3 Å². The maximum Gasteiger partial charge on any atom is 0.166 e. The molecule has 0 amide bonds. The molecule has 0 aliphatic carbocycles. The Balaban J connectivity index is 2.65. The largest absolute Gasteiger partial charge is 0.399 e. The van der Waals surface area contributed by atoms with Gasteiger partial charge in [0, 0.05) is 16.8 Å². The van der Waals surface area contributed by atoms with Crippen molar-refractivity contribution in [1.29, 1.82) is 0 Å². The van der Waals surface area contributed by atoms with Crippen LogP contribution in [-0.4, -0.2) is 0 Å². The number of anilines is 1. The zero-order valence-corrected chi connectivity index (χ0v) is 9.85. The normalized spacial score (nSPS) is 10.6. The molecule has 2 rings (SSSR count). The molecule has 17 heavy (non-hydrogen) atoms. The molecule has 88 valence electrons. The Hall–Kier alpha value is -1.61. The summed E-state index contributed by atoms with van der Waals surface area (Å²) < 4.78 is 27.2. The highest BCUT2D eigenvalue weighted by Crippen LogP contribution is 2.32. The van der Waals surface area contributed by atoms with Gasteiger partial charge in [0.25, 0.3) is 0 Å². The van der Waals surface area contributed by atoms with Gasteiger partial charge >= 0.3 is 0 Å². The molecule has 0 atom stereocenters. The third-order valence-electron chi connectivity index (χ3n) is 2.56. The van der Waals surface area contributed by atoms with E-state index in [0.717, 1.165) is 0 Å². The molecule has 0 unspecified atom stereocenters. The lowest BCUT2D eigenvalue weighted by molar-refractivity contribution is 0.505. The third-order valence-corrected chi connectivity index (χ3v) is 2.87. The number of halogens is 3. The van der Waals surface area contributed by atoms with Crippen molar-refractivity contribution in [2.24, 2.45) is 0 Å². The van der Waals surface area contributed by atoms with Crippen molar-refractivity contribution in [2.45, 2.75) is 6.92 Å². The molecule has 1 nitrogen and oxygen atoms in total. The lowest BCUT2D eigenvalue weighted by Crippen LogP contribution is -1.94. The van der Waals surface area contributed by atoms with E-state index in [1.54, 1.807) is 12.1 Å². The number of rotatable bonds is 1. The summed E-state index contributed by atoms with van der Waals surface area (Å²) in [6.45, 7) is 1.51. The van der Waals surface area contributed by atoms with E-state index in [1.165, 1.54) is 25.1 Å². The summed E-state index contributed by atoms with van der Waals surface area (Å²) in [6.07, 6.45) is 0. The van der Waals surface area contributed by atoms with E-state index in [-0.39, 0.29) is 11.1 Å². The van der Waals surface area contributed by atoms with E-state index in [9.17, 15) is 8.78 Å². The fraction of sp³-hybridized carbons (Fsp3) is 0.0769. The third kappa shape index (κ3) is 2.11. The summed E-state index contributed by atoms with van der Waals surface area (Å²) in [5, 5.41) is 0.298. The zero-order valence-electron chi connectivity index (χ0n) is 9.10. The summed E-state index contributed by atoms with van der Waals surface area (Å²) in [5.74, 6) is -1.74. The Morgan fingerprint density at radius 2 is 1.65 bits per heavy atom. The number of hydrogen-bond donors (Lipinski definition) is 1. The zero-order chi connectivity index (χ0) is 12.6. The van der Waals surface area contributed by atoms with Gasteiger partial charge in [0.2, 0.25) is 0 Å². The minimum Gasteiger partial charge on any atom is -0.399 e. The molecule has 2 N–H and O–H groups in total. The Bertz CT molecular complexity index is 582. The quantitative estimate of drug-likeness (QED) is 0.758. The van der Waals surface area contributed by atoms with Gasteiger partial charge in [0.1, 0.15) is 0 Å². The standard InChI is InChI=1S/C13H10ClF2N/c1-7-2-4-10(13(16)12(7)15)9-5-3-8(17)6-11(9)14/h2-6H,17H2,1H3. The van der Waals surface area contributed by atoms with Gasteiger partial charge < -0.3 is 5.73 Å². The minimum atomic E-state index is -0.892. The monoisotopic (exact) mass is 253 g/mol. The molecule has 0 aliphatic heterocycles. The first kappa shape index (κ1) is 11.9. The molecule has 2 aromatic rings. The lowest BCUT2D eigenvalue weighted by Gasteiger charge is -2.08. The second kappa shape index (κ2) is 4.34. The molecule has 0 aromatic heterocycles. The van der Waals surface area contributed by atoms with Crippen molar-refractivity contribution in [2.75, 3.05) is 5.73 Å². The van der Waals surface area contributed by atoms with Crippen molar-refractivity contribution in [3.63, 3.8) is 0 Å². The maximum atomic E-state index is 13.8. The van der Waals surface area contributed by atoms with Gasteiger partial charge in [0.15, 0.2) is 11.6 Å². The maximum absolute atomic E-state index is 13.8. The van der Waals surface area contributed by atoms with E-state index in [1.807, 2.05) is 0 Å². The van der Waals surface area contributed by atoms with Gasteiger partial charge in [-0.05, 0) is 24.6 Å². The number of benzene rings is 2. The van der Waals surface area contributed by atoms with Crippen LogP contribution in [0, 0.1) is 18.6 Å². The molecular formula is C13H10ClF2N. The summed E-state index contributed by atoms with van der Waals surface area (Å²) in [4.78, 5) is 0. The minimum absolute atomic E-state index is 0.137. The second-order valence-electron chi connectivity index (χ2n) is 3.80. The van der Waals surface area contributed by atoms with Crippen LogP contribution in [0.1, 0.15) is 5.56 Å². The molecular weight excluding hydrogens is 244 g/mol. The van der Waals surface area contributed by atoms with Gasteiger partial charge in [-0.25, -0.2) is 8.78 Å². The number of aryl methyl sites for hydroxylation is 1. The first-order valence-corrected chi connectivity index (χ1v) is 5.38. The first-order valence-electron chi connectivity index (χ1n) is 5.00. The van der Waals surface area contributed by atoms with Crippen LogP contribution in [0.4, 0.5) is 14.5 Å². The Morgan fingerprint density at radius 1 is 1.00 bits per heavy atom. The average molecular weight is 254 g/mol. The van der Waals surface area contributed by atoms with E-state index < -0.39 is 11.6 Å². The highest BCUT2D eigenvalue weighted by molar-refractivity contribution is 6.33. The van der Waals surface area contributed by atoms with Gasteiger partial charge in [-0.15, -0.1) is 0 Å². The van der Waals surface area contributed by atoms with Crippen molar-refractivity contribution < 1.29 is 8.78 Å². The van der Waals surface area contributed by atoms with E-state index in [2.05, 4.69) is 0 Å². The van der Waals surface area contributed by atoms with Crippen molar-refractivity contribution in [1.82, 2.24) is 0 Å². The summed E-state index contributed by atoms with van der Waals surface area (Å²) in [6, 6.07) is 7.70. The van der Waals surface area contributed by atoms with Crippen LogP contribution in [0.25, 0.3) is 11.1 Å². The second-order valence-corrected chi connectivity index (χ2v) is 4.20. The fourth-order valence-electron chi connectivity index (χ4n) is 1.60. The van der Waals surface area contributed by atoms with Crippen molar-refractivity contribution in [3.8, 4) is 11.1 Å². The van der Waals surface area contributed by atoms with Crippen LogP contribution in [-0.2, 0) is 0 Å². The molecule has 0 bridgehead atoms. The van der Waals surface area contributed by atoms with E-state index in [0.29, 0.717) is 16.3 Å². The first-order chi connectivity index (χ1) is 8.00. The average Bonchev–Trinajstić information content (AvgIpc) is 2.28. The number of nitrogens with two attached hydrogens (primary N) is 1. The highest BCUT2D eigenvalue weighted by Gasteiger charge is 2.14. The van der Waals surface area contributed by atoms with E-state index >= 15 is 0 Å². The number of hydrogen-bond acceptors (Lipinski definition) is 1. The Kier molecular flexibility index (Phi) is 3.03. The number of nitrogen functional groups attached to an aromatic ring is 1. The topological polar surface area (TPSA) is 26.0 Å². The van der Waals surface area contributed by atoms with E-state index in [4.69, 9.17) is 17.3 Å². The summed E-state index contributed by atoms with van der Waals surface area (Å²) in [5.41, 5.74) is 6.85. The molecule has 0 saturated heterocycles. The van der Waals surface area contributed by atoms with Gasteiger partial charge in [-0.1, -0.05) is 29.8 Å². The van der Waals surface area contributed by atoms with Gasteiger partial charge in [0.05, 0.1) is 5.02 Å². The predicted molar refractivity (Wildman–Crippen MR) is 66.0 cm³/mol. The van der Waals surface area contributed by atoms with Crippen LogP contribution in [0.15, 0.2) is 30.3 Å². The Labute approximate surface area is 103 Å². The fourth-order valence-corrected chi connectivity index (χ4v) is 1.89. The summed E-state index contributed by atoms with van der Waals surface area (Å²) in [7, 11) is 0. The van der Waals surface area contributed by atoms with Crippen LogP contribution >= 0.6 is 11.6 Å². The Morgan fingerprint density at radius 3 is 2.29 bits per heavy atom. The van der Waals surface area contributed by atoms with Gasteiger partial charge in [-0.3, -0.25) is 0 Å². The van der Waals surface area contributed by atoms with Crippen LogP contribution in [0.5, 0.6) is 0 Å². The summed E-state index contributed by atoms with van der Waals surface area (Å²) >= 11 is 5.96. The molecule has 0 saturated carbocycles. The van der Waals surface area contributed by atoms with Crippen LogP contribution < -0.4 is 5.73 Å². The lowest BCUT2D eigenvalue weighted by atomic mass is 10.0. The molecule has 0 spiro atoms.